The van der Waals surface area contributed by atoms with Crippen molar-refractivity contribution in [2.45, 2.75) is 57.8 Å². The Morgan fingerprint density at radius 2 is 2.24 bits per heavy atom. The normalized spacial score (nSPS) is 37.0. The Morgan fingerprint density at radius 3 is 2.95 bits per heavy atom. The van der Waals surface area contributed by atoms with Crippen LogP contribution >= 0.6 is 0 Å². The van der Waals surface area contributed by atoms with Crippen LogP contribution in [0.3, 0.4) is 0 Å². The summed E-state index contributed by atoms with van der Waals surface area (Å²) in [6, 6.07) is 0. The van der Waals surface area contributed by atoms with E-state index in [1.807, 2.05) is 0 Å². The van der Waals surface area contributed by atoms with Crippen molar-refractivity contribution in [2.24, 2.45) is 23.7 Å². The fourth-order valence-corrected chi connectivity index (χ4v) is 4.87. The fourth-order valence-electron chi connectivity index (χ4n) is 4.87. The second-order valence-corrected chi connectivity index (χ2v) is 7.62. The zero-order chi connectivity index (χ0) is 14.2. The fraction of sp³-hybridized carbons (Fsp3) is 0.882. The predicted octanol–water partition coefficient (Wildman–Crippen LogP) is 3.15. The number of nitrogens with zero attached hydrogens (tertiary/aromatic N) is 2. The Morgan fingerprint density at radius 1 is 1.29 bits per heavy atom. The van der Waals surface area contributed by atoms with E-state index in [-0.39, 0.29) is 0 Å². The maximum absolute atomic E-state index is 5.56. The first-order chi connectivity index (χ1) is 10.3. The van der Waals surface area contributed by atoms with Gasteiger partial charge in [-0.3, -0.25) is 0 Å². The van der Waals surface area contributed by atoms with Crippen molar-refractivity contribution in [3.8, 4) is 0 Å². The van der Waals surface area contributed by atoms with Gasteiger partial charge in [0.25, 0.3) is 0 Å². The number of rotatable bonds is 4. The van der Waals surface area contributed by atoms with Crippen LogP contribution in [0, 0.1) is 23.7 Å². The highest BCUT2D eigenvalue weighted by molar-refractivity contribution is 5.06. The molecule has 21 heavy (non-hydrogen) atoms. The molecule has 5 unspecified atom stereocenters. The summed E-state index contributed by atoms with van der Waals surface area (Å²) in [6.07, 6.45) is 9.09. The molecule has 1 N–H and O–H groups in total. The number of aromatic nitrogens is 2. The van der Waals surface area contributed by atoms with E-state index in [4.69, 9.17) is 9.51 Å². The summed E-state index contributed by atoms with van der Waals surface area (Å²) >= 11 is 0. The van der Waals surface area contributed by atoms with Gasteiger partial charge in [0.2, 0.25) is 5.89 Å². The molecule has 4 nitrogen and oxygen atoms in total. The summed E-state index contributed by atoms with van der Waals surface area (Å²) in [4.78, 5) is 4.75. The molecule has 2 saturated carbocycles. The van der Waals surface area contributed by atoms with Gasteiger partial charge < -0.3 is 9.84 Å². The third-order valence-electron chi connectivity index (χ3n) is 6.19. The number of piperidine rings is 1. The second kappa shape index (κ2) is 5.71. The zero-order valence-corrected chi connectivity index (χ0v) is 13.1. The highest BCUT2D eigenvalue weighted by Crippen LogP contribution is 2.52. The second-order valence-electron chi connectivity index (χ2n) is 7.62. The van der Waals surface area contributed by atoms with Gasteiger partial charge in [-0.2, -0.15) is 4.98 Å². The quantitative estimate of drug-likeness (QED) is 0.925. The molecule has 1 saturated heterocycles. The number of fused-ring (bicyclic) bond motifs is 2. The predicted molar refractivity (Wildman–Crippen MR) is 80.9 cm³/mol. The monoisotopic (exact) mass is 289 g/mol. The van der Waals surface area contributed by atoms with E-state index in [1.165, 1.54) is 45.1 Å². The first-order valence-corrected chi connectivity index (χ1v) is 8.83. The van der Waals surface area contributed by atoms with Crippen molar-refractivity contribution >= 4 is 0 Å². The molecule has 3 fully saturated rings. The molecule has 1 aliphatic heterocycles. The summed E-state index contributed by atoms with van der Waals surface area (Å²) in [7, 11) is 0. The minimum atomic E-state index is 0.591. The van der Waals surface area contributed by atoms with E-state index in [0.29, 0.717) is 11.8 Å². The summed E-state index contributed by atoms with van der Waals surface area (Å²) < 4.78 is 5.56. The number of hydrogen-bond acceptors (Lipinski definition) is 4. The molecule has 0 radical (unpaired) electrons. The van der Waals surface area contributed by atoms with Crippen LogP contribution in [-0.2, 0) is 6.42 Å². The Hall–Kier alpha value is -0.900. The minimum Gasteiger partial charge on any atom is -0.339 e. The lowest BCUT2D eigenvalue weighted by Gasteiger charge is -2.27. The van der Waals surface area contributed by atoms with Crippen LogP contribution in [0.25, 0.3) is 0 Å². The maximum atomic E-state index is 5.56. The largest absolute Gasteiger partial charge is 0.339 e. The van der Waals surface area contributed by atoms with E-state index in [9.17, 15) is 0 Å². The van der Waals surface area contributed by atoms with Crippen molar-refractivity contribution in [3.05, 3.63) is 11.7 Å². The average molecular weight is 289 g/mol. The highest BCUT2D eigenvalue weighted by atomic mass is 16.5. The van der Waals surface area contributed by atoms with Crippen molar-refractivity contribution in [2.75, 3.05) is 13.1 Å². The number of hydrogen-bond donors (Lipinski definition) is 1. The topological polar surface area (TPSA) is 51.0 Å². The lowest BCUT2D eigenvalue weighted by atomic mass is 9.85. The highest BCUT2D eigenvalue weighted by Gasteiger charge is 2.42. The Bertz CT molecular complexity index is 480. The van der Waals surface area contributed by atoms with Gasteiger partial charge in [-0.05, 0) is 68.9 Å². The maximum Gasteiger partial charge on any atom is 0.226 e. The molecule has 4 rings (SSSR count). The molecular formula is C17H27N3O. The summed E-state index contributed by atoms with van der Waals surface area (Å²) in [6.45, 7) is 4.66. The smallest absolute Gasteiger partial charge is 0.226 e. The van der Waals surface area contributed by atoms with Gasteiger partial charge in [-0.15, -0.1) is 0 Å². The van der Waals surface area contributed by atoms with Gasteiger partial charge in [0.15, 0.2) is 5.82 Å². The van der Waals surface area contributed by atoms with Crippen LogP contribution in [0.15, 0.2) is 4.52 Å². The molecule has 1 aromatic heterocycles. The Labute approximate surface area is 127 Å². The molecule has 0 spiro atoms. The molecule has 1 aromatic rings. The summed E-state index contributed by atoms with van der Waals surface area (Å²) in [5, 5.41) is 7.82. The van der Waals surface area contributed by atoms with Crippen molar-refractivity contribution in [1.82, 2.24) is 15.5 Å². The standard InChI is InChI=1S/C17H27N3O/c1-11(14-3-2-6-18-10-14)7-16-19-17(20-21-16)15-9-12-4-5-13(15)8-12/h11-15,18H,2-10H2,1H3. The molecule has 0 amide bonds. The van der Waals surface area contributed by atoms with Crippen LogP contribution in [0.5, 0.6) is 0 Å². The first-order valence-electron chi connectivity index (χ1n) is 8.83. The first kappa shape index (κ1) is 13.7. The SMILES string of the molecule is CC(Cc1nc(C2CC3CCC2C3)no1)C1CCCNC1. The minimum absolute atomic E-state index is 0.591. The van der Waals surface area contributed by atoms with E-state index in [2.05, 4.69) is 17.4 Å². The van der Waals surface area contributed by atoms with Gasteiger partial charge >= 0.3 is 0 Å². The molecule has 3 aliphatic rings. The van der Waals surface area contributed by atoms with Crippen molar-refractivity contribution < 1.29 is 4.52 Å². The lowest BCUT2D eigenvalue weighted by molar-refractivity contribution is 0.256. The third kappa shape index (κ3) is 2.75. The molecule has 2 aliphatic carbocycles. The molecule has 2 bridgehead atoms. The van der Waals surface area contributed by atoms with E-state index in [1.54, 1.807) is 0 Å². The van der Waals surface area contributed by atoms with Crippen molar-refractivity contribution in [1.29, 1.82) is 0 Å². The van der Waals surface area contributed by atoms with Gasteiger partial charge in [-0.1, -0.05) is 18.5 Å². The molecule has 0 aromatic carbocycles. The number of nitrogens with one attached hydrogen (secondary N) is 1. The van der Waals surface area contributed by atoms with E-state index in [0.717, 1.165) is 42.4 Å². The van der Waals surface area contributed by atoms with Gasteiger partial charge in [0.05, 0.1) is 0 Å². The molecule has 2 heterocycles. The van der Waals surface area contributed by atoms with Gasteiger partial charge in [-0.25, -0.2) is 0 Å². The van der Waals surface area contributed by atoms with Crippen LogP contribution in [0.1, 0.15) is 63.1 Å². The van der Waals surface area contributed by atoms with Gasteiger partial charge in [0.1, 0.15) is 0 Å². The van der Waals surface area contributed by atoms with Crippen LogP contribution in [-0.4, -0.2) is 23.2 Å². The Kier molecular flexibility index (Phi) is 3.74. The van der Waals surface area contributed by atoms with E-state index < -0.39 is 0 Å². The summed E-state index contributed by atoms with van der Waals surface area (Å²) in [5.74, 6) is 5.63. The third-order valence-corrected chi connectivity index (χ3v) is 6.19. The summed E-state index contributed by atoms with van der Waals surface area (Å²) in [5.41, 5.74) is 0. The lowest BCUT2D eigenvalue weighted by Crippen LogP contribution is -2.33. The Balaban J connectivity index is 1.38. The zero-order valence-electron chi connectivity index (χ0n) is 13.1. The van der Waals surface area contributed by atoms with Crippen LogP contribution in [0.2, 0.25) is 0 Å². The van der Waals surface area contributed by atoms with Crippen LogP contribution < -0.4 is 5.32 Å². The van der Waals surface area contributed by atoms with Crippen LogP contribution in [0.4, 0.5) is 0 Å². The van der Waals surface area contributed by atoms with Gasteiger partial charge in [0, 0.05) is 12.3 Å². The molecular weight excluding hydrogens is 262 g/mol. The molecule has 4 heteroatoms. The van der Waals surface area contributed by atoms with Crippen molar-refractivity contribution in [3.63, 3.8) is 0 Å². The molecule has 116 valence electrons. The average Bonchev–Trinajstić information content (AvgIpc) is 3.24. The molecule has 5 atom stereocenters. The van der Waals surface area contributed by atoms with E-state index >= 15 is 0 Å².